The van der Waals surface area contributed by atoms with Crippen LogP contribution in [0.3, 0.4) is 0 Å². The summed E-state index contributed by atoms with van der Waals surface area (Å²) in [5, 5.41) is 2.56. The molecule has 0 aliphatic carbocycles. The van der Waals surface area contributed by atoms with Gasteiger partial charge < -0.3 is 10.1 Å². The van der Waals surface area contributed by atoms with Crippen molar-refractivity contribution in [3.8, 4) is 18.1 Å². The molecule has 0 aliphatic heterocycles. The van der Waals surface area contributed by atoms with Crippen LogP contribution in [0, 0.1) is 12.3 Å². The summed E-state index contributed by atoms with van der Waals surface area (Å²) in [7, 11) is 1.78. The maximum Gasteiger partial charge on any atom is 0.387 e. The molecule has 0 fully saturated rings. The first-order valence-electron chi connectivity index (χ1n) is 5.93. The molecule has 6 heteroatoms. The van der Waals surface area contributed by atoms with E-state index in [0.717, 1.165) is 5.56 Å². The molecule has 0 radical (unpaired) electrons. The Bertz CT molecular complexity index is 469. The molecule has 0 bridgehead atoms. The van der Waals surface area contributed by atoms with Gasteiger partial charge in [-0.05, 0) is 24.7 Å². The van der Waals surface area contributed by atoms with Gasteiger partial charge in [-0.25, -0.2) is 0 Å². The van der Waals surface area contributed by atoms with Crippen LogP contribution >= 0.6 is 0 Å². The number of carbonyl (C=O) groups excluding carboxylic acids is 1. The maximum atomic E-state index is 12.0. The van der Waals surface area contributed by atoms with E-state index in [0.29, 0.717) is 6.54 Å². The zero-order valence-corrected chi connectivity index (χ0v) is 11.1. The molecule has 0 spiro atoms. The summed E-state index contributed by atoms with van der Waals surface area (Å²) in [6, 6.07) is 6.28. The van der Waals surface area contributed by atoms with Crippen LogP contribution in [-0.2, 0) is 11.3 Å². The van der Waals surface area contributed by atoms with E-state index in [9.17, 15) is 13.6 Å². The van der Waals surface area contributed by atoms with Crippen molar-refractivity contribution in [1.82, 2.24) is 10.2 Å². The van der Waals surface area contributed by atoms with E-state index in [1.54, 1.807) is 24.1 Å². The molecule has 0 saturated heterocycles. The Labute approximate surface area is 116 Å². The highest BCUT2D eigenvalue weighted by atomic mass is 19.3. The number of hydrogen-bond acceptors (Lipinski definition) is 3. The molecular weight excluding hydrogens is 266 g/mol. The summed E-state index contributed by atoms with van der Waals surface area (Å²) >= 11 is 0. The molecule has 0 aromatic heterocycles. The molecule has 0 atom stereocenters. The first-order chi connectivity index (χ1) is 9.51. The Morgan fingerprint density at radius 3 is 2.65 bits per heavy atom. The van der Waals surface area contributed by atoms with Crippen molar-refractivity contribution in [2.45, 2.75) is 13.2 Å². The quantitative estimate of drug-likeness (QED) is 0.770. The van der Waals surface area contributed by atoms with Crippen LogP contribution in [0.2, 0.25) is 0 Å². The molecule has 1 amide bonds. The van der Waals surface area contributed by atoms with Gasteiger partial charge in [-0.2, -0.15) is 8.78 Å². The smallest absolute Gasteiger partial charge is 0.387 e. The number of ether oxygens (including phenoxy) is 1. The second kappa shape index (κ2) is 8.12. The summed E-state index contributed by atoms with van der Waals surface area (Å²) in [6.45, 7) is -1.91. The summed E-state index contributed by atoms with van der Waals surface area (Å²) in [5.41, 5.74) is 0.888. The topological polar surface area (TPSA) is 41.6 Å². The molecule has 1 rings (SSSR count). The maximum absolute atomic E-state index is 12.0. The largest absolute Gasteiger partial charge is 0.435 e. The number of terminal acetylenes is 1. The zero-order valence-electron chi connectivity index (χ0n) is 11.1. The van der Waals surface area contributed by atoms with Gasteiger partial charge in [0.05, 0.1) is 13.1 Å². The van der Waals surface area contributed by atoms with Gasteiger partial charge in [-0.1, -0.05) is 18.1 Å². The Morgan fingerprint density at radius 1 is 1.45 bits per heavy atom. The lowest BCUT2D eigenvalue weighted by molar-refractivity contribution is -0.121. The van der Waals surface area contributed by atoms with E-state index in [-0.39, 0.29) is 24.7 Å². The molecule has 0 heterocycles. The Kier molecular flexibility index (Phi) is 6.47. The van der Waals surface area contributed by atoms with Gasteiger partial charge in [-0.3, -0.25) is 9.69 Å². The number of nitrogens with one attached hydrogen (secondary N) is 1. The van der Waals surface area contributed by atoms with Crippen LogP contribution in [0.5, 0.6) is 5.75 Å². The average Bonchev–Trinajstić information content (AvgIpc) is 2.38. The number of hydrogen-bond donors (Lipinski definition) is 1. The molecule has 1 N–H and O–H groups in total. The van der Waals surface area contributed by atoms with Crippen molar-refractivity contribution in [2.75, 3.05) is 20.1 Å². The van der Waals surface area contributed by atoms with Crippen molar-refractivity contribution >= 4 is 5.91 Å². The minimum atomic E-state index is -2.83. The van der Waals surface area contributed by atoms with Gasteiger partial charge in [0, 0.05) is 6.54 Å². The van der Waals surface area contributed by atoms with Gasteiger partial charge >= 0.3 is 6.61 Å². The number of alkyl halides is 2. The molecular formula is C14H16F2N2O2. The molecule has 0 aliphatic rings. The number of benzene rings is 1. The molecule has 108 valence electrons. The number of nitrogens with zero attached hydrogens (tertiary/aromatic N) is 1. The summed E-state index contributed by atoms with van der Waals surface area (Å²) < 4.78 is 28.2. The fourth-order valence-corrected chi connectivity index (χ4v) is 1.59. The minimum absolute atomic E-state index is 0.109. The predicted molar refractivity (Wildman–Crippen MR) is 71.3 cm³/mol. The lowest BCUT2D eigenvalue weighted by Gasteiger charge is -2.16. The SMILES string of the molecule is C#CCNC(=O)CN(C)Cc1ccc(OC(F)F)cc1. The summed E-state index contributed by atoms with van der Waals surface area (Å²) in [6.07, 6.45) is 5.04. The van der Waals surface area contributed by atoms with Crippen molar-refractivity contribution in [2.24, 2.45) is 0 Å². The lowest BCUT2D eigenvalue weighted by Crippen LogP contribution is -2.34. The fraction of sp³-hybridized carbons (Fsp3) is 0.357. The normalized spacial score (nSPS) is 10.4. The van der Waals surface area contributed by atoms with Crippen LogP contribution in [0.1, 0.15) is 5.56 Å². The van der Waals surface area contributed by atoms with Crippen LogP contribution in [0.25, 0.3) is 0 Å². The number of halogens is 2. The molecule has 20 heavy (non-hydrogen) atoms. The monoisotopic (exact) mass is 282 g/mol. The van der Waals surface area contributed by atoms with Gasteiger partial charge in [0.25, 0.3) is 0 Å². The summed E-state index contributed by atoms with van der Waals surface area (Å²) in [4.78, 5) is 13.2. The van der Waals surface area contributed by atoms with E-state index in [2.05, 4.69) is 16.0 Å². The van der Waals surface area contributed by atoms with Crippen molar-refractivity contribution in [1.29, 1.82) is 0 Å². The highest BCUT2D eigenvalue weighted by molar-refractivity contribution is 5.78. The second-order valence-electron chi connectivity index (χ2n) is 4.18. The van der Waals surface area contributed by atoms with Gasteiger partial charge in [0.1, 0.15) is 5.75 Å². The standard InChI is InChI=1S/C14H16F2N2O2/c1-3-8-17-13(19)10-18(2)9-11-4-6-12(7-5-11)20-14(15)16/h1,4-7,14H,8-10H2,2H3,(H,17,19). The second-order valence-corrected chi connectivity index (χ2v) is 4.18. The Morgan fingerprint density at radius 2 is 2.10 bits per heavy atom. The highest BCUT2D eigenvalue weighted by Gasteiger charge is 2.07. The minimum Gasteiger partial charge on any atom is -0.435 e. The van der Waals surface area contributed by atoms with Gasteiger partial charge in [0.15, 0.2) is 0 Å². The van der Waals surface area contributed by atoms with E-state index in [1.807, 2.05) is 0 Å². The Balaban J connectivity index is 2.44. The van der Waals surface area contributed by atoms with Crippen LogP contribution in [0.4, 0.5) is 8.78 Å². The van der Waals surface area contributed by atoms with E-state index in [1.165, 1.54) is 12.1 Å². The van der Waals surface area contributed by atoms with Gasteiger partial charge in [0.2, 0.25) is 5.91 Å². The molecule has 1 aromatic rings. The Hall–Kier alpha value is -2.13. The van der Waals surface area contributed by atoms with E-state index < -0.39 is 6.61 Å². The molecule has 0 saturated carbocycles. The van der Waals surface area contributed by atoms with Crippen molar-refractivity contribution in [3.63, 3.8) is 0 Å². The fourth-order valence-electron chi connectivity index (χ4n) is 1.59. The number of rotatable bonds is 7. The first-order valence-corrected chi connectivity index (χ1v) is 5.93. The van der Waals surface area contributed by atoms with Crippen molar-refractivity contribution < 1.29 is 18.3 Å². The summed E-state index contributed by atoms with van der Waals surface area (Å²) in [5.74, 6) is 2.26. The van der Waals surface area contributed by atoms with E-state index in [4.69, 9.17) is 6.42 Å². The van der Waals surface area contributed by atoms with Crippen LogP contribution < -0.4 is 10.1 Å². The average molecular weight is 282 g/mol. The zero-order chi connectivity index (χ0) is 15.0. The predicted octanol–water partition coefficient (Wildman–Crippen LogP) is 1.47. The molecule has 0 unspecified atom stereocenters. The van der Waals surface area contributed by atoms with Crippen LogP contribution in [-0.4, -0.2) is 37.6 Å². The van der Waals surface area contributed by atoms with Crippen molar-refractivity contribution in [3.05, 3.63) is 29.8 Å². The third-order valence-corrected chi connectivity index (χ3v) is 2.40. The third-order valence-electron chi connectivity index (χ3n) is 2.40. The van der Waals surface area contributed by atoms with Gasteiger partial charge in [-0.15, -0.1) is 6.42 Å². The lowest BCUT2D eigenvalue weighted by atomic mass is 10.2. The van der Waals surface area contributed by atoms with E-state index >= 15 is 0 Å². The first kappa shape index (κ1) is 15.9. The number of likely N-dealkylation sites (N-methyl/N-ethyl adjacent to an activating group) is 1. The molecule has 4 nitrogen and oxygen atoms in total. The van der Waals surface area contributed by atoms with Crippen LogP contribution in [0.15, 0.2) is 24.3 Å². The number of amides is 1. The molecule has 1 aromatic carbocycles. The highest BCUT2D eigenvalue weighted by Crippen LogP contribution is 2.15. The third kappa shape index (κ3) is 6.16. The number of carbonyl (C=O) groups is 1.